The van der Waals surface area contributed by atoms with Gasteiger partial charge >= 0.3 is 0 Å². The number of rotatable bonds is 2. The quantitative estimate of drug-likeness (QED) is 0.881. The Labute approximate surface area is 120 Å². The summed E-state index contributed by atoms with van der Waals surface area (Å²) in [7, 11) is 0. The predicted octanol–water partition coefficient (Wildman–Crippen LogP) is 3.94. The zero-order chi connectivity index (χ0) is 14.1. The smallest absolute Gasteiger partial charge is 0.223 e. The van der Waals surface area contributed by atoms with Crippen molar-refractivity contribution in [3.05, 3.63) is 35.5 Å². The summed E-state index contributed by atoms with van der Waals surface area (Å²) in [6.45, 7) is 5.14. The van der Waals surface area contributed by atoms with Crippen LogP contribution in [0, 0.1) is 6.92 Å². The lowest BCUT2D eigenvalue weighted by molar-refractivity contribution is -0.132. The Kier molecular flexibility index (Phi) is 3.51. The number of fused-ring (bicyclic) bond motifs is 1. The monoisotopic (exact) mass is 270 g/mol. The second-order valence-corrected chi connectivity index (χ2v) is 5.87. The largest absolute Gasteiger partial charge is 0.361 e. The van der Waals surface area contributed by atoms with Crippen molar-refractivity contribution in [1.29, 1.82) is 0 Å². The number of benzene rings is 1. The fraction of sp³-hybridized carbons (Fsp3) is 0.471. The Bertz CT molecular complexity index is 629. The molecule has 1 aromatic carbocycles. The normalized spacial score (nSPS) is 18.3. The van der Waals surface area contributed by atoms with Crippen molar-refractivity contribution < 1.29 is 4.79 Å². The molecule has 3 heteroatoms. The SMILES string of the molecule is Cc1ccc2[nH]cc(C(C)N3CCCCCC3=O)c2c1. The van der Waals surface area contributed by atoms with Crippen LogP contribution in [0.4, 0.5) is 0 Å². The van der Waals surface area contributed by atoms with Crippen molar-refractivity contribution in [2.45, 2.75) is 45.6 Å². The molecule has 3 rings (SSSR count). The lowest BCUT2D eigenvalue weighted by Crippen LogP contribution is -2.32. The molecule has 1 aromatic heterocycles. The molecule has 1 aliphatic heterocycles. The highest BCUT2D eigenvalue weighted by molar-refractivity contribution is 5.85. The molecule has 0 aliphatic carbocycles. The van der Waals surface area contributed by atoms with Crippen LogP contribution in [-0.4, -0.2) is 22.3 Å². The first kappa shape index (κ1) is 13.2. The molecule has 1 N–H and O–H groups in total. The molecule has 2 heterocycles. The van der Waals surface area contributed by atoms with Gasteiger partial charge in [-0.25, -0.2) is 0 Å². The maximum absolute atomic E-state index is 12.3. The van der Waals surface area contributed by atoms with E-state index >= 15 is 0 Å². The summed E-state index contributed by atoms with van der Waals surface area (Å²) in [5, 5.41) is 1.24. The molecule has 0 bridgehead atoms. The van der Waals surface area contributed by atoms with E-state index in [0.717, 1.165) is 24.9 Å². The van der Waals surface area contributed by atoms with Gasteiger partial charge < -0.3 is 9.88 Å². The molecule has 20 heavy (non-hydrogen) atoms. The van der Waals surface area contributed by atoms with E-state index in [1.165, 1.54) is 22.9 Å². The minimum atomic E-state index is 0.149. The van der Waals surface area contributed by atoms with Gasteiger partial charge in [0.1, 0.15) is 0 Å². The molecule has 1 unspecified atom stereocenters. The lowest BCUT2D eigenvalue weighted by Gasteiger charge is -2.28. The first-order valence-corrected chi connectivity index (χ1v) is 7.54. The summed E-state index contributed by atoms with van der Waals surface area (Å²) >= 11 is 0. The molecule has 0 spiro atoms. The van der Waals surface area contributed by atoms with Crippen molar-refractivity contribution in [3.63, 3.8) is 0 Å². The number of hydrogen-bond donors (Lipinski definition) is 1. The van der Waals surface area contributed by atoms with Crippen LogP contribution < -0.4 is 0 Å². The minimum absolute atomic E-state index is 0.149. The summed E-state index contributed by atoms with van der Waals surface area (Å²) < 4.78 is 0. The Morgan fingerprint density at radius 3 is 2.95 bits per heavy atom. The molecule has 0 radical (unpaired) electrons. The molecular formula is C17H22N2O. The van der Waals surface area contributed by atoms with Crippen LogP contribution in [0.3, 0.4) is 0 Å². The van der Waals surface area contributed by atoms with E-state index in [0.29, 0.717) is 12.3 Å². The van der Waals surface area contributed by atoms with Gasteiger partial charge in [0.2, 0.25) is 5.91 Å². The van der Waals surface area contributed by atoms with E-state index < -0.39 is 0 Å². The Hall–Kier alpha value is -1.77. The van der Waals surface area contributed by atoms with Crippen LogP contribution in [0.1, 0.15) is 49.8 Å². The number of carbonyl (C=O) groups is 1. The van der Waals surface area contributed by atoms with Gasteiger partial charge in [0.05, 0.1) is 6.04 Å². The maximum Gasteiger partial charge on any atom is 0.223 e. The lowest BCUT2D eigenvalue weighted by atomic mass is 10.0. The van der Waals surface area contributed by atoms with Gasteiger partial charge in [-0.05, 0) is 44.4 Å². The van der Waals surface area contributed by atoms with Crippen LogP contribution in [0.2, 0.25) is 0 Å². The van der Waals surface area contributed by atoms with Gasteiger partial charge in [0, 0.05) is 30.1 Å². The minimum Gasteiger partial charge on any atom is -0.361 e. The van der Waals surface area contributed by atoms with Crippen LogP contribution in [0.15, 0.2) is 24.4 Å². The molecule has 106 valence electrons. The van der Waals surface area contributed by atoms with Crippen molar-refractivity contribution in [2.75, 3.05) is 6.54 Å². The number of likely N-dealkylation sites (tertiary alicyclic amines) is 1. The Morgan fingerprint density at radius 1 is 1.25 bits per heavy atom. The Morgan fingerprint density at radius 2 is 2.10 bits per heavy atom. The molecular weight excluding hydrogens is 248 g/mol. The van der Waals surface area contributed by atoms with Crippen molar-refractivity contribution >= 4 is 16.8 Å². The number of amides is 1. The third-order valence-corrected chi connectivity index (χ3v) is 4.40. The number of H-pyrrole nitrogens is 1. The van der Waals surface area contributed by atoms with E-state index in [2.05, 4.69) is 48.1 Å². The predicted molar refractivity (Wildman–Crippen MR) is 81.6 cm³/mol. The third kappa shape index (κ3) is 2.33. The van der Waals surface area contributed by atoms with Gasteiger partial charge in [-0.15, -0.1) is 0 Å². The summed E-state index contributed by atoms with van der Waals surface area (Å²) in [6.07, 6.45) is 6.09. The van der Waals surface area contributed by atoms with Gasteiger partial charge in [-0.3, -0.25) is 4.79 Å². The van der Waals surface area contributed by atoms with E-state index in [9.17, 15) is 4.79 Å². The highest BCUT2D eigenvalue weighted by Gasteiger charge is 2.24. The first-order valence-electron chi connectivity index (χ1n) is 7.54. The highest BCUT2D eigenvalue weighted by Crippen LogP contribution is 2.30. The third-order valence-electron chi connectivity index (χ3n) is 4.40. The Balaban J connectivity index is 1.96. The van der Waals surface area contributed by atoms with E-state index in [1.807, 2.05) is 0 Å². The second kappa shape index (κ2) is 5.31. The van der Waals surface area contributed by atoms with Crippen molar-refractivity contribution in [1.82, 2.24) is 9.88 Å². The number of aromatic amines is 1. The van der Waals surface area contributed by atoms with Crippen LogP contribution in [0.5, 0.6) is 0 Å². The molecule has 0 saturated carbocycles. The summed E-state index contributed by atoms with van der Waals surface area (Å²) in [6, 6.07) is 6.59. The maximum atomic E-state index is 12.3. The average molecular weight is 270 g/mol. The van der Waals surface area contributed by atoms with E-state index in [4.69, 9.17) is 0 Å². The molecule has 1 atom stereocenters. The molecule has 1 amide bonds. The second-order valence-electron chi connectivity index (χ2n) is 5.87. The fourth-order valence-electron chi connectivity index (χ4n) is 3.18. The fourth-order valence-corrected chi connectivity index (χ4v) is 3.18. The average Bonchev–Trinajstić information content (AvgIpc) is 2.72. The first-order chi connectivity index (χ1) is 9.66. The number of nitrogens with one attached hydrogen (secondary N) is 1. The number of aromatic nitrogens is 1. The van der Waals surface area contributed by atoms with Crippen LogP contribution in [-0.2, 0) is 4.79 Å². The van der Waals surface area contributed by atoms with Gasteiger partial charge in [-0.1, -0.05) is 18.1 Å². The molecule has 3 nitrogen and oxygen atoms in total. The topological polar surface area (TPSA) is 36.1 Å². The number of carbonyl (C=O) groups excluding carboxylic acids is 1. The van der Waals surface area contributed by atoms with E-state index in [-0.39, 0.29) is 6.04 Å². The van der Waals surface area contributed by atoms with Gasteiger partial charge in [0.25, 0.3) is 0 Å². The number of nitrogens with zero attached hydrogens (tertiary/aromatic N) is 1. The van der Waals surface area contributed by atoms with Crippen LogP contribution in [0.25, 0.3) is 10.9 Å². The van der Waals surface area contributed by atoms with Gasteiger partial charge in [-0.2, -0.15) is 0 Å². The van der Waals surface area contributed by atoms with Crippen molar-refractivity contribution in [3.8, 4) is 0 Å². The summed E-state index contributed by atoms with van der Waals surface area (Å²) in [4.78, 5) is 17.7. The summed E-state index contributed by atoms with van der Waals surface area (Å²) in [5.41, 5.74) is 3.64. The zero-order valence-electron chi connectivity index (χ0n) is 12.3. The standard InChI is InChI=1S/C17H22N2O/c1-12-7-8-16-14(10-12)15(11-18-16)13(2)19-9-5-3-4-6-17(19)20/h7-8,10-11,13,18H,3-6,9H2,1-2H3. The molecule has 2 aromatic rings. The van der Waals surface area contributed by atoms with Crippen LogP contribution >= 0.6 is 0 Å². The van der Waals surface area contributed by atoms with Crippen molar-refractivity contribution in [2.24, 2.45) is 0 Å². The highest BCUT2D eigenvalue weighted by atomic mass is 16.2. The van der Waals surface area contributed by atoms with Gasteiger partial charge in [0.15, 0.2) is 0 Å². The number of aryl methyl sites for hydroxylation is 1. The molecule has 1 saturated heterocycles. The summed E-state index contributed by atoms with van der Waals surface area (Å²) in [5.74, 6) is 0.303. The molecule has 1 fully saturated rings. The zero-order valence-corrected chi connectivity index (χ0v) is 12.3. The van der Waals surface area contributed by atoms with E-state index in [1.54, 1.807) is 0 Å². The number of hydrogen-bond acceptors (Lipinski definition) is 1. The molecule has 1 aliphatic rings.